The monoisotopic (exact) mass is 161 g/mol. The van der Waals surface area contributed by atoms with Gasteiger partial charge in [-0.05, 0) is 0 Å². The van der Waals surface area contributed by atoms with E-state index in [-0.39, 0.29) is 0 Å². The molecule has 0 aliphatic heterocycles. The maximum Gasteiger partial charge on any atom is 0.281 e. The van der Waals surface area contributed by atoms with E-state index in [4.69, 9.17) is 0 Å². The Morgan fingerprint density at radius 3 is 1.80 bits per heavy atom. The highest BCUT2D eigenvalue weighted by Gasteiger charge is 2.41. The molecule has 10 heavy (non-hydrogen) atoms. The summed E-state index contributed by atoms with van der Waals surface area (Å²) in [5, 5.41) is 0. The molecule has 2 unspecified atom stereocenters. The smallest absolute Gasteiger partial charge is 0.248 e. The minimum Gasteiger partial charge on any atom is -0.248 e. The van der Waals surface area contributed by atoms with Crippen LogP contribution in [0.25, 0.3) is 0 Å². The number of halogens is 5. The van der Waals surface area contributed by atoms with Crippen molar-refractivity contribution in [3.8, 4) is 0 Å². The van der Waals surface area contributed by atoms with Gasteiger partial charge in [0.2, 0.25) is 0 Å². The fourth-order valence-corrected chi connectivity index (χ4v) is 0.343. The van der Waals surface area contributed by atoms with E-state index in [0.29, 0.717) is 0 Å². The normalized spacial score (nSPS) is 18.6. The number of rotatable bonds is 3. The highest BCUT2D eigenvalue weighted by Crippen LogP contribution is 2.24. The summed E-state index contributed by atoms with van der Waals surface area (Å²) in [5.74, 6) is -4.05. The van der Waals surface area contributed by atoms with Crippen molar-refractivity contribution < 1.29 is 22.0 Å². The zero-order chi connectivity index (χ0) is 8.36. The summed E-state index contributed by atoms with van der Waals surface area (Å²) >= 11 is 0. The average molecular weight is 161 g/mol. The topological polar surface area (TPSA) is 0 Å². The Morgan fingerprint density at radius 2 is 1.70 bits per heavy atom. The fourth-order valence-electron chi connectivity index (χ4n) is 0.343. The van der Waals surface area contributed by atoms with Gasteiger partial charge in [-0.25, -0.2) is 22.0 Å². The maximum absolute atomic E-state index is 11.9. The quantitative estimate of drug-likeness (QED) is 0.556. The fraction of sp³-hybridized carbons (Fsp3) is 0.800. The van der Waals surface area contributed by atoms with Crippen molar-refractivity contribution in [3.63, 3.8) is 0 Å². The molecule has 0 bridgehead atoms. The Kier molecular flexibility index (Phi) is 3.05. The van der Waals surface area contributed by atoms with Crippen molar-refractivity contribution in [2.24, 2.45) is 0 Å². The van der Waals surface area contributed by atoms with Crippen LogP contribution in [0.5, 0.6) is 0 Å². The number of alkyl halides is 5. The summed E-state index contributed by atoms with van der Waals surface area (Å²) in [6.07, 6.45) is -5.94. The molecule has 0 aromatic carbocycles. The first-order valence-electron chi connectivity index (χ1n) is 2.47. The molecule has 2 atom stereocenters. The van der Waals surface area contributed by atoms with E-state index >= 15 is 0 Å². The van der Waals surface area contributed by atoms with Gasteiger partial charge in [-0.1, -0.05) is 0 Å². The lowest BCUT2D eigenvalue weighted by atomic mass is 10.1. The van der Waals surface area contributed by atoms with E-state index in [9.17, 15) is 22.0 Å². The van der Waals surface area contributed by atoms with Crippen LogP contribution < -0.4 is 0 Å². The first-order chi connectivity index (χ1) is 4.39. The molecule has 0 saturated carbocycles. The van der Waals surface area contributed by atoms with Crippen LogP contribution in [0.4, 0.5) is 22.0 Å². The molecule has 61 valence electrons. The number of hydrogen-bond donors (Lipinski definition) is 0. The van der Waals surface area contributed by atoms with Gasteiger partial charge in [0, 0.05) is 6.92 Å². The molecule has 0 saturated heterocycles. The second-order valence-corrected chi connectivity index (χ2v) is 1.83. The van der Waals surface area contributed by atoms with Crippen LogP contribution in [0.15, 0.2) is 0 Å². The molecule has 0 rings (SSSR count). The van der Waals surface area contributed by atoms with Gasteiger partial charge in [0.25, 0.3) is 5.92 Å². The van der Waals surface area contributed by atoms with Gasteiger partial charge in [0.05, 0.1) is 0 Å². The van der Waals surface area contributed by atoms with Crippen LogP contribution >= 0.6 is 0 Å². The van der Waals surface area contributed by atoms with Gasteiger partial charge >= 0.3 is 0 Å². The SMILES string of the molecule is [CH2]C(F)(F)C(F)C(F)CF. The highest BCUT2D eigenvalue weighted by atomic mass is 19.3. The Morgan fingerprint density at radius 1 is 1.30 bits per heavy atom. The van der Waals surface area contributed by atoms with Gasteiger partial charge in [-0.15, -0.1) is 0 Å². The Hall–Kier alpha value is -0.350. The highest BCUT2D eigenvalue weighted by molar-refractivity contribution is 4.84. The molecule has 0 aliphatic rings. The van der Waals surface area contributed by atoms with Crippen LogP contribution in [0.2, 0.25) is 0 Å². The summed E-state index contributed by atoms with van der Waals surface area (Å²) < 4.78 is 58.1. The van der Waals surface area contributed by atoms with Crippen LogP contribution in [-0.2, 0) is 0 Å². The molecule has 0 aromatic rings. The number of hydrogen-bond acceptors (Lipinski definition) is 0. The van der Waals surface area contributed by atoms with Gasteiger partial charge in [0.1, 0.15) is 6.67 Å². The van der Waals surface area contributed by atoms with E-state index in [0.717, 1.165) is 0 Å². The van der Waals surface area contributed by atoms with Crippen LogP contribution in [0, 0.1) is 6.92 Å². The van der Waals surface area contributed by atoms with Crippen LogP contribution in [0.1, 0.15) is 0 Å². The third kappa shape index (κ3) is 2.49. The lowest BCUT2D eigenvalue weighted by molar-refractivity contribution is -0.0669. The second-order valence-electron chi connectivity index (χ2n) is 1.83. The van der Waals surface area contributed by atoms with E-state index in [1.807, 2.05) is 6.92 Å². The predicted octanol–water partition coefficient (Wildman–Crippen LogP) is 2.10. The van der Waals surface area contributed by atoms with Crippen molar-refractivity contribution in [3.05, 3.63) is 6.92 Å². The largest absolute Gasteiger partial charge is 0.281 e. The lowest BCUT2D eigenvalue weighted by Gasteiger charge is -2.16. The Labute approximate surface area is 55.0 Å². The summed E-state index contributed by atoms with van der Waals surface area (Å²) in [7, 11) is 0. The van der Waals surface area contributed by atoms with E-state index < -0.39 is 24.9 Å². The molecule has 5 heteroatoms. The van der Waals surface area contributed by atoms with Gasteiger partial charge < -0.3 is 0 Å². The first kappa shape index (κ1) is 9.65. The molecular formula is C5H6F5. The van der Waals surface area contributed by atoms with Crippen molar-refractivity contribution in [1.29, 1.82) is 0 Å². The van der Waals surface area contributed by atoms with Gasteiger partial charge in [0.15, 0.2) is 12.3 Å². The first-order valence-corrected chi connectivity index (χ1v) is 2.47. The van der Waals surface area contributed by atoms with E-state index in [1.165, 1.54) is 0 Å². The summed E-state index contributed by atoms with van der Waals surface area (Å²) in [6, 6.07) is 0. The zero-order valence-corrected chi connectivity index (χ0v) is 4.96. The molecule has 0 spiro atoms. The molecule has 1 radical (unpaired) electrons. The van der Waals surface area contributed by atoms with Crippen molar-refractivity contribution >= 4 is 0 Å². The van der Waals surface area contributed by atoms with Crippen molar-refractivity contribution in [2.75, 3.05) is 6.67 Å². The average Bonchev–Trinajstić information content (AvgIpc) is 1.83. The molecular weight excluding hydrogens is 155 g/mol. The minimum atomic E-state index is -4.05. The van der Waals surface area contributed by atoms with E-state index in [1.54, 1.807) is 0 Å². The third-order valence-corrected chi connectivity index (χ3v) is 0.868. The predicted molar refractivity (Wildman–Crippen MR) is 26.1 cm³/mol. The third-order valence-electron chi connectivity index (χ3n) is 0.868. The Balaban J connectivity index is 3.94. The summed E-state index contributed by atoms with van der Waals surface area (Å²) in [4.78, 5) is 0. The Bertz CT molecular complexity index is 96.7. The van der Waals surface area contributed by atoms with E-state index in [2.05, 4.69) is 0 Å². The molecule has 0 heterocycles. The van der Waals surface area contributed by atoms with Crippen molar-refractivity contribution in [2.45, 2.75) is 18.3 Å². The lowest BCUT2D eigenvalue weighted by Crippen LogP contribution is -2.35. The van der Waals surface area contributed by atoms with Crippen LogP contribution in [-0.4, -0.2) is 24.9 Å². The second kappa shape index (κ2) is 3.16. The summed E-state index contributed by atoms with van der Waals surface area (Å²) in [6.45, 7) is 0.267. The van der Waals surface area contributed by atoms with Crippen LogP contribution in [0.3, 0.4) is 0 Å². The molecule has 0 fully saturated rings. The molecule has 0 N–H and O–H groups in total. The molecule has 0 aliphatic carbocycles. The molecule has 0 amide bonds. The van der Waals surface area contributed by atoms with Gasteiger partial charge in [-0.3, -0.25) is 0 Å². The van der Waals surface area contributed by atoms with Crippen molar-refractivity contribution in [1.82, 2.24) is 0 Å². The molecule has 0 nitrogen and oxygen atoms in total. The standard InChI is InChI=1S/C5H6F5/c1-5(9,10)4(8)3(7)2-6/h3-4H,1-2H2. The molecule has 0 aromatic heterocycles. The maximum atomic E-state index is 11.9. The summed E-state index contributed by atoms with van der Waals surface area (Å²) in [5.41, 5.74) is 0. The van der Waals surface area contributed by atoms with Gasteiger partial charge in [-0.2, -0.15) is 0 Å². The minimum absolute atomic E-state index is 1.76. The zero-order valence-electron chi connectivity index (χ0n) is 4.96.